The van der Waals surface area contributed by atoms with Crippen LogP contribution in [0.4, 0.5) is 0 Å². The van der Waals surface area contributed by atoms with Crippen molar-refractivity contribution in [2.24, 2.45) is 0 Å². The van der Waals surface area contributed by atoms with Gasteiger partial charge in [-0.2, -0.15) is 0 Å². The van der Waals surface area contributed by atoms with Crippen molar-refractivity contribution >= 4 is 0 Å². The van der Waals surface area contributed by atoms with E-state index < -0.39 is 0 Å². The second kappa shape index (κ2) is 9.05. The lowest BCUT2D eigenvalue weighted by Crippen LogP contribution is -1.79. The van der Waals surface area contributed by atoms with Crippen molar-refractivity contribution in [1.82, 2.24) is 0 Å². The number of hydrogen-bond donors (Lipinski definition) is 0. The summed E-state index contributed by atoms with van der Waals surface area (Å²) in [7, 11) is 0. The lowest BCUT2D eigenvalue weighted by atomic mass is 10.1. The Kier molecular flexibility index (Phi) is 7.47. The second-order valence-electron chi connectivity index (χ2n) is 4.22. The highest BCUT2D eigenvalue weighted by Crippen LogP contribution is 2.09. The number of rotatable bonds is 0. The van der Waals surface area contributed by atoms with Gasteiger partial charge in [-0.3, -0.25) is 0 Å². The van der Waals surface area contributed by atoms with Crippen LogP contribution < -0.4 is 0 Å². The zero-order valence-electron chi connectivity index (χ0n) is 9.38. The summed E-state index contributed by atoms with van der Waals surface area (Å²) >= 11 is 0. The second-order valence-corrected chi connectivity index (χ2v) is 4.22. The predicted octanol–water partition coefficient (Wildman–Crippen LogP) is 5.01. The van der Waals surface area contributed by atoms with Gasteiger partial charge in [0.1, 0.15) is 0 Å². The van der Waals surface area contributed by atoms with E-state index in [2.05, 4.69) is 24.3 Å². The van der Waals surface area contributed by atoms with Gasteiger partial charge in [-0.25, -0.2) is 0 Å². The fourth-order valence-electron chi connectivity index (χ4n) is 1.88. The van der Waals surface area contributed by atoms with Crippen molar-refractivity contribution in [2.75, 3.05) is 0 Å². The van der Waals surface area contributed by atoms with Crippen LogP contribution in [0.5, 0.6) is 0 Å². The fraction of sp³-hybridized carbons (Fsp3) is 0.714. The summed E-state index contributed by atoms with van der Waals surface area (Å²) in [5.74, 6) is 0. The third-order valence-corrected chi connectivity index (χ3v) is 2.82. The predicted molar refractivity (Wildman–Crippen MR) is 64.5 cm³/mol. The van der Waals surface area contributed by atoms with Crippen LogP contribution in [0.15, 0.2) is 24.3 Å². The standard InChI is InChI=1S/C14H24/c1-2-4-6-8-10-12-14-13-11-9-7-5-3-1/h1-2,9,11H,3-8,10,12-14H2/b2-1+,11-9+. The van der Waals surface area contributed by atoms with Gasteiger partial charge in [0.25, 0.3) is 0 Å². The van der Waals surface area contributed by atoms with E-state index in [-0.39, 0.29) is 0 Å². The molecule has 14 heavy (non-hydrogen) atoms. The normalized spacial score (nSPS) is 26.3. The first-order valence-corrected chi connectivity index (χ1v) is 6.30. The zero-order chi connectivity index (χ0) is 9.90. The topological polar surface area (TPSA) is 0 Å². The Balaban J connectivity index is 2.16. The van der Waals surface area contributed by atoms with Gasteiger partial charge in [-0.15, -0.1) is 0 Å². The Labute approximate surface area is 89.1 Å². The van der Waals surface area contributed by atoms with Crippen LogP contribution in [0, 0.1) is 0 Å². The molecule has 1 aliphatic rings. The van der Waals surface area contributed by atoms with E-state index in [0.717, 1.165) is 0 Å². The minimum atomic E-state index is 1.27. The molecule has 0 aromatic heterocycles. The lowest BCUT2D eigenvalue weighted by Gasteiger charge is -1.99. The third kappa shape index (κ3) is 6.94. The Morgan fingerprint density at radius 3 is 1.21 bits per heavy atom. The minimum absolute atomic E-state index is 1.27. The Morgan fingerprint density at radius 2 is 0.714 bits per heavy atom. The largest absolute Gasteiger partial charge is 0.0885 e. The van der Waals surface area contributed by atoms with Gasteiger partial charge >= 0.3 is 0 Å². The van der Waals surface area contributed by atoms with E-state index in [1.807, 2.05) is 0 Å². The molecule has 0 unspecified atom stereocenters. The maximum absolute atomic E-state index is 2.37. The molecule has 0 N–H and O–H groups in total. The van der Waals surface area contributed by atoms with E-state index in [4.69, 9.17) is 0 Å². The molecule has 0 spiro atoms. The molecule has 0 saturated carbocycles. The van der Waals surface area contributed by atoms with Crippen LogP contribution in [0.3, 0.4) is 0 Å². The fourth-order valence-corrected chi connectivity index (χ4v) is 1.88. The van der Waals surface area contributed by atoms with Crippen molar-refractivity contribution < 1.29 is 0 Å². The summed E-state index contributed by atoms with van der Waals surface area (Å²) in [5, 5.41) is 0. The van der Waals surface area contributed by atoms with Crippen molar-refractivity contribution in [3.8, 4) is 0 Å². The molecule has 0 amide bonds. The maximum Gasteiger partial charge on any atom is -0.0348 e. The summed E-state index contributed by atoms with van der Waals surface area (Å²) in [6.45, 7) is 0. The average Bonchev–Trinajstić information content (AvgIpc) is 2.22. The SMILES string of the molecule is C1=C/CCCCCCC/C=C/CCC/1. The van der Waals surface area contributed by atoms with Crippen LogP contribution in [-0.2, 0) is 0 Å². The highest BCUT2D eigenvalue weighted by Gasteiger charge is 1.90. The Hall–Kier alpha value is -0.520. The van der Waals surface area contributed by atoms with E-state index in [1.54, 1.807) is 0 Å². The summed E-state index contributed by atoms with van der Waals surface area (Å²) in [6.07, 6.45) is 23.0. The highest BCUT2D eigenvalue weighted by molar-refractivity contribution is 4.85. The summed E-state index contributed by atoms with van der Waals surface area (Å²) in [4.78, 5) is 0. The molecule has 0 atom stereocenters. The lowest BCUT2D eigenvalue weighted by molar-refractivity contribution is 0.620. The molecule has 0 radical (unpaired) electrons. The van der Waals surface area contributed by atoms with Crippen LogP contribution in [0.25, 0.3) is 0 Å². The summed E-state index contributed by atoms with van der Waals surface area (Å²) < 4.78 is 0. The van der Waals surface area contributed by atoms with E-state index >= 15 is 0 Å². The van der Waals surface area contributed by atoms with E-state index in [9.17, 15) is 0 Å². The molecule has 0 saturated heterocycles. The van der Waals surface area contributed by atoms with Gasteiger partial charge in [0.15, 0.2) is 0 Å². The molecule has 0 fully saturated rings. The van der Waals surface area contributed by atoms with Crippen molar-refractivity contribution in [3.05, 3.63) is 24.3 Å². The maximum atomic E-state index is 2.37. The molecule has 1 aliphatic carbocycles. The van der Waals surface area contributed by atoms with Gasteiger partial charge in [-0.05, 0) is 44.9 Å². The highest BCUT2D eigenvalue weighted by atomic mass is 14.0. The Bertz CT molecular complexity index is 147. The van der Waals surface area contributed by atoms with Crippen LogP contribution in [-0.4, -0.2) is 0 Å². The van der Waals surface area contributed by atoms with Crippen molar-refractivity contribution in [3.63, 3.8) is 0 Å². The van der Waals surface area contributed by atoms with Crippen LogP contribution in [0.2, 0.25) is 0 Å². The molecule has 0 heteroatoms. The first-order chi connectivity index (χ1) is 7.00. The molecule has 0 bridgehead atoms. The molecule has 80 valence electrons. The van der Waals surface area contributed by atoms with Crippen LogP contribution >= 0.6 is 0 Å². The molecule has 0 aliphatic heterocycles. The molecule has 0 aromatic rings. The van der Waals surface area contributed by atoms with Gasteiger partial charge in [0.2, 0.25) is 0 Å². The number of hydrogen-bond acceptors (Lipinski definition) is 0. The van der Waals surface area contributed by atoms with E-state index in [0.29, 0.717) is 0 Å². The van der Waals surface area contributed by atoms with Gasteiger partial charge < -0.3 is 0 Å². The summed E-state index contributed by atoms with van der Waals surface area (Å²) in [6, 6.07) is 0. The van der Waals surface area contributed by atoms with Gasteiger partial charge in [0, 0.05) is 0 Å². The third-order valence-electron chi connectivity index (χ3n) is 2.82. The Morgan fingerprint density at radius 1 is 0.357 bits per heavy atom. The quantitative estimate of drug-likeness (QED) is 0.473. The van der Waals surface area contributed by atoms with Crippen LogP contribution in [0.1, 0.15) is 64.2 Å². The van der Waals surface area contributed by atoms with Crippen molar-refractivity contribution in [1.29, 1.82) is 0 Å². The molecule has 0 aromatic carbocycles. The smallest absolute Gasteiger partial charge is 0.0348 e. The van der Waals surface area contributed by atoms with Crippen molar-refractivity contribution in [2.45, 2.75) is 64.2 Å². The van der Waals surface area contributed by atoms with E-state index in [1.165, 1.54) is 64.2 Å². The molecular formula is C14H24. The first kappa shape index (κ1) is 11.6. The minimum Gasteiger partial charge on any atom is -0.0885 e. The molecule has 0 nitrogen and oxygen atoms in total. The van der Waals surface area contributed by atoms with Gasteiger partial charge in [-0.1, -0.05) is 43.6 Å². The molecule has 1 rings (SSSR count). The first-order valence-electron chi connectivity index (χ1n) is 6.30. The monoisotopic (exact) mass is 192 g/mol. The molecule has 0 heterocycles. The molecular weight excluding hydrogens is 168 g/mol. The van der Waals surface area contributed by atoms with Gasteiger partial charge in [0.05, 0.1) is 0 Å². The zero-order valence-corrected chi connectivity index (χ0v) is 9.38. The average molecular weight is 192 g/mol. The summed E-state index contributed by atoms with van der Waals surface area (Å²) in [5.41, 5.74) is 0. The number of allylic oxidation sites excluding steroid dienone is 4.